The highest BCUT2D eigenvalue weighted by molar-refractivity contribution is 5.81. The van der Waals surface area contributed by atoms with Crippen molar-refractivity contribution in [2.45, 2.75) is 0 Å². The summed E-state index contributed by atoms with van der Waals surface area (Å²) >= 11 is 0. The van der Waals surface area contributed by atoms with Gasteiger partial charge in [0.15, 0.2) is 0 Å². The molecule has 0 fully saturated rings. The minimum absolute atomic E-state index is 0.916. The molecule has 2 heteroatoms. The zero-order valence-electron chi connectivity index (χ0n) is 8.67. The number of rotatable bonds is 1. The topological polar surface area (TPSA) is 25.8 Å². The summed E-state index contributed by atoms with van der Waals surface area (Å²) in [5.41, 5.74) is 2.95. The molecule has 0 amide bonds. The summed E-state index contributed by atoms with van der Waals surface area (Å²) < 4.78 is 0. The van der Waals surface area contributed by atoms with Crippen LogP contribution in [-0.4, -0.2) is 10.2 Å². The van der Waals surface area contributed by atoms with Crippen LogP contribution in [0.15, 0.2) is 60.7 Å². The lowest BCUT2D eigenvalue weighted by Crippen LogP contribution is -1.88. The molecular formula is C14H10N2. The fourth-order valence-corrected chi connectivity index (χ4v) is 1.73. The molecule has 0 unspecified atom stereocenters. The van der Waals surface area contributed by atoms with Crippen molar-refractivity contribution in [3.05, 3.63) is 60.7 Å². The van der Waals surface area contributed by atoms with Crippen LogP contribution in [0.4, 0.5) is 0 Å². The molecular weight excluding hydrogens is 196 g/mol. The summed E-state index contributed by atoms with van der Waals surface area (Å²) in [7, 11) is 0. The average molecular weight is 206 g/mol. The van der Waals surface area contributed by atoms with E-state index in [2.05, 4.69) is 22.3 Å². The number of benzene rings is 2. The van der Waals surface area contributed by atoms with Gasteiger partial charge in [0.1, 0.15) is 0 Å². The van der Waals surface area contributed by atoms with E-state index in [0.717, 1.165) is 22.2 Å². The van der Waals surface area contributed by atoms with Gasteiger partial charge < -0.3 is 0 Å². The largest absolute Gasteiger partial charge is 0.150 e. The van der Waals surface area contributed by atoms with Crippen LogP contribution in [0.25, 0.3) is 22.2 Å². The second kappa shape index (κ2) is 3.74. The van der Waals surface area contributed by atoms with Crippen LogP contribution in [0.5, 0.6) is 0 Å². The molecule has 0 spiro atoms. The SMILES string of the molecule is c1ccc(-c2cc3ccccc3nn2)cc1. The van der Waals surface area contributed by atoms with Crippen LogP contribution in [-0.2, 0) is 0 Å². The molecule has 3 aromatic rings. The van der Waals surface area contributed by atoms with Crippen molar-refractivity contribution in [3.8, 4) is 11.3 Å². The summed E-state index contributed by atoms with van der Waals surface area (Å²) in [6.45, 7) is 0. The van der Waals surface area contributed by atoms with Crippen LogP contribution in [0, 0.1) is 0 Å². The Morgan fingerprint density at radius 3 is 2.31 bits per heavy atom. The van der Waals surface area contributed by atoms with Crippen LogP contribution in [0.2, 0.25) is 0 Å². The van der Waals surface area contributed by atoms with Crippen molar-refractivity contribution in [1.29, 1.82) is 0 Å². The van der Waals surface area contributed by atoms with Gasteiger partial charge in [0.05, 0.1) is 11.2 Å². The molecule has 3 rings (SSSR count). The van der Waals surface area contributed by atoms with E-state index in [4.69, 9.17) is 0 Å². The van der Waals surface area contributed by atoms with Crippen LogP contribution in [0.1, 0.15) is 0 Å². The summed E-state index contributed by atoms with van der Waals surface area (Å²) in [5, 5.41) is 9.56. The molecule has 0 aliphatic heterocycles. The Morgan fingerprint density at radius 1 is 0.688 bits per heavy atom. The molecule has 76 valence electrons. The van der Waals surface area contributed by atoms with Crippen LogP contribution < -0.4 is 0 Å². The first-order chi connectivity index (χ1) is 7.93. The quantitative estimate of drug-likeness (QED) is 0.610. The van der Waals surface area contributed by atoms with E-state index in [9.17, 15) is 0 Å². The third kappa shape index (κ3) is 1.54. The van der Waals surface area contributed by atoms with Gasteiger partial charge in [-0.05, 0) is 12.1 Å². The van der Waals surface area contributed by atoms with Crippen LogP contribution in [0.3, 0.4) is 0 Å². The number of fused-ring (bicyclic) bond motifs is 1. The first kappa shape index (κ1) is 9.04. The van der Waals surface area contributed by atoms with Gasteiger partial charge in [-0.25, -0.2) is 0 Å². The molecule has 0 saturated carbocycles. The molecule has 2 nitrogen and oxygen atoms in total. The highest BCUT2D eigenvalue weighted by Crippen LogP contribution is 2.19. The van der Waals surface area contributed by atoms with Gasteiger partial charge >= 0.3 is 0 Å². The Hall–Kier alpha value is -2.22. The Kier molecular flexibility index (Phi) is 2.11. The van der Waals surface area contributed by atoms with Gasteiger partial charge in [0.2, 0.25) is 0 Å². The fraction of sp³-hybridized carbons (Fsp3) is 0. The van der Waals surface area contributed by atoms with Gasteiger partial charge in [-0.1, -0.05) is 48.5 Å². The van der Waals surface area contributed by atoms with Crippen molar-refractivity contribution in [2.75, 3.05) is 0 Å². The minimum atomic E-state index is 0.916. The predicted octanol–water partition coefficient (Wildman–Crippen LogP) is 3.30. The smallest absolute Gasteiger partial charge is 0.0936 e. The van der Waals surface area contributed by atoms with Gasteiger partial charge in [0, 0.05) is 10.9 Å². The number of hydrogen-bond donors (Lipinski definition) is 0. The molecule has 0 aliphatic carbocycles. The molecule has 0 radical (unpaired) electrons. The Balaban J connectivity index is 2.19. The van der Waals surface area contributed by atoms with Gasteiger partial charge in [-0.2, -0.15) is 0 Å². The maximum atomic E-state index is 4.23. The standard InChI is InChI=1S/C14H10N2/c1-2-6-11(7-3-1)14-10-12-8-4-5-9-13(12)15-16-14/h1-10H. The number of nitrogens with zero attached hydrogens (tertiary/aromatic N) is 2. The summed E-state index contributed by atoms with van der Waals surface area (Å²) in [6, 6.07) is 20.2. The fourth-order valence-electron chi connectivity index (χ4n) is 1.73. The zero-order chi connectivity index (χ0) is 10.8. The maximum Gasteiger partial charge on any atom is 0.0936 e. The van der Waals surface area contributed by atoms with Crippen molar-refractivity contribution in [2.24, 2.45) is 0 Å². The van der Waals surface area contributed by atoms with Crippen LogP contribution >= 0.6 is 0 Å². The summed E-state index contributed by atoms with van der Waals surface area (Å²) in [6.07, 6.45) is 0. The van der Waals surface area contributed by atoms with Crippen molar-refractivity contribution >= 4 is 10.9 Å². The second-order valence-corrected chi connectivity index (χ2v) is 3.65. The highest BCUT2D eigenvalue weighted by Gasteiger charge is 2.00. The molecule has 0 saturated heterocycles. The predicted molar refractivity (Wildman–Crippen MR) is 65.0 cm³/mol. The molecule has 0 N–H and O–H groups in total. The van der Waals surface area contributed by atoms with E-state index in [0.29, 0.717) is 0 Å². The third-order valence-electron chi connectivity index (χ3n) is 2.56. The molecule has 1 heterocycles. The van der Waals surface area contributed by atoms with Gasteiger partial charge in [0.25, 0.3) is 0 Å². The van der Waals surface area contributed by atoms with Crippen molar-refractivity contribution in [3.63, 3.8) is 0 Å². The average Bonchev–Trinajstić information content (AvgIpc) is 2.39. The molecule has 0 aliphatic rings. The molecule has 16 heavy (non-hydrogen) atoms. The normalized spacial score (nSPS) is 10.5. The highest BCUT2D eigenvalue weighted by atomic mass is 15.1. The van der Waals surface area contributed by atoms with Gasteiger partial charge in [-0.3, -0.25) is 0 Å². The first-order valence-corrected chi connectivity index (χ1v) is 5.21. The lowest BCUT2D eigenvalue weighted by atomic mass is 10.1. The summed E-state index contributed by atoms with van der Waals surface area (Å²) in [4.78, 5) is 0. The maximum absolute atomic E-state index is 4.23. The lowest BCUT2D eigenvalue weighted by molar-refractivity contribution is 1.08. The van der Waals surface area contributed by atoms with Crippen molar-refractivity contribution in [1.82, 2.24) is 10.2 Å². The number of aromatic nitrogens is 2. The van der Waals surface area contributed by atoms with E-state index in [1.165, 1.54) is 0 Å². The van der Waals surface area contributed by atoms with E-state index < -0.39 is 0 Å². The first-order valence-electron chi connectivity index (χ1n) is 5.21. The Labute approximate surface area is 93.6 Å². The minimum Gasteiger partial charge on any atom is -0.150 e. The molecule has 1 aromatic heterocycles. The molecule has 2 aromatic carbocycles. The van der Waals surface area contributed by atoms with E-state index in [1.807, 2.05) is 48.5 Å². The number of hydrogen-bond acceptors (Lipinski definition) is 2. The Morgan fingerprint density at radius 2 is 1.44 bits per heavy atom. The zero-order valence-corrected chi connectivity index (χ0v) is 8.67. The monoisotopic (exact) mass is 206 g/mol. The van der Waals surface area contributed by atoms with E-state index >= 15 is 0 Å². The second-order valence-electron chi connectivity index (χ2n) is 3.65. The van der Waals surface area contributed by atoms with E-state index in [-0.39, 0.29) is 0 Å². The van der Waals surface area contributed by atoms with E-state index in [1.54, 1.807) is 0 Å². The molecule has 0 atom stereocenters. The third-order valence-corrected chi connectivity index (χ3v) is 2.56. The molecule has 0 bridgehead atoms. The summed E-state index contributed by atoms with van der Waals surface area (Å²) in [5.74, 6) is 0. The lowest BCUT2D eigenvalue weighted by Gasteiger charge is -2.01. The van der Waals surface area contributed by atoms with Crippen molar-refractivity contribution < 1.29 is 0 Å². The Bertz CT molecular complexity index is 618. The van der Waals surface area contributed by atoms with Gasteiger partial charge in [-0.15, -0.1) is 10.2 Å².